The van der Waals surface area contributed by atoms with Crippen molar-refractivity contribution < 1.29 is 14.3 Å². The Balaban J connectivity index is 2.26. The van der Waals surface area contributed by atoms with E-state index in [0.717, 1.165) is 13.1 Å². The van der Waals surface area contributed by atoms with Gasteiger partial charge in [-0.3, -0.25) is 9.59 Å². The molecule has 6 heteroatoms. The molecule has 0 unspecified atom stereocenters. The maximum Gasteiger partial charge on any atom is 0.257 e. The van der Waals surface area contributed by atoms with Crippen LogP contribution in [0, 0.1) is 0 Å². The van der Waals surface area contributed by atoms with E-state index in [9.17, 15) is 9.59 Å². The number of nitrogens with one attached hydrogen (secondary N) is 2. The highest BCUT2D eigenvalue weighted by Crippen LogP contribution is 2.24. The van der Waals surface area contributed by atoms with Crippen molar-refractivity contribution in [2.75, 3.05) is 38.6 Å². The summed E-state index contributed by atoms with van der Waals surface area (Å²) in [6.07, 6.45) is 0. The standard InChI is InChI=1S/C14H19N3O3/c1-10(18)16-11-3-4-13(20-2)12(9-11)14(19)17-7-5-15-6-8-17/h3-4,9,15H,5-8H2,1-2H3,(H,16,18). The number of rotatable bonds is 3. The lowest BCUT2D eigenvalue weighted by molar-refractivity contribution is -0.114. The summed E-state index contributed by atoms with van der Waals surface area (Å²) < 4.78 is 5.24. The van der Waals surface area contributed by atoms with E-state index < -0.39 is 0 Å². The van der Waals surface area contributed by atoms with E-state index in [4.69, 9.17) is 4.74 Å². The molecule has 20 heavy (non-hydrogen) atoms. The Morgan fingerprint density at radius 1 is 1.30 bits per heavy atom. The average molecular weight is 277 g/mol. The third-order valence-electron chi connectivity index (χ3n) is 3.15. The number of carbonyl (C=O) groups is 2. The van der Waals surface area contributed by atoms with Crippen molar-refractivity contribution in [3.63, 3.8) is 0 Å². The van der Waals surface area contributed by atoms with Crippen LogP contribution in [-0.4, -0.2) is 50.0 Å². The van der Waals surface area contributed by atoms with Crippen molar-refractivity contribution in [2.45, 2.75) is 6.92 Å². The lowest BCUT2D eigenvalue weighted by Gasteiger charge is -2.28. The van der Waals surface area contributed by atoms with E-state index in [-0.39, 0.29) is 11.8 Å². The van der Waals surface area contributed by atoms with Crippen molar-refractivity contribution in [3.05, 3.63) is 23.8 Å². The van der Waals surface area contributed by atoms with Crippen LogP contribution in [0.5, 0.6) is 5.75 Å². The predicted octanol–water partition coefficient (Wildman–Crippen LogP) is 0.699. The number of methoxy groups -OCH3 is 1. The minimum absolute atomic E-state index is 0.0736. The van der Waals surface area contributed by atoms with Crippen LogP contribution >= 0.6 is 0 Å². The second-order valence-electron chi connectivity index (χ2n) is 4.64. The van der Waals surface area contributed by atoms with E-state index in [1.165, 1.54) is 14.0 Å². The number of carbonyl (C=O) groups excluding carboxylic acids is 2. The molecular formula is C14H19N3O3. The van der Waals surface area contributed by atoms with Gasteiger partial charge in [0.2, 0.25) is 5.91 Å². The van der Waals surface area contributed by atoms with Gasteiger partial charge in [-0.2, -0.15) is 0 Å². The van der Waals surface area contributed by atoms with Crippen molar-refractivity contribution in [1.29, 1.82) is 0 Å². The molecule has 2 N–H and O–H groups in total. The molecule has 0 aliphatic carbocycles. The summed E-state index contributed by atoms with van der Waals surface area (Å²) >= 11 is 0. The Morgan fingerprint density at radius 3 is 2.60 bits per heavy atom. The number of anilines is 1. The Kier molecular flexibility index (Phi) is 4.57. The van der Waals surface area contributed by atoms with E-state index in [1.54, 1.807) is 23.1 Å². The maximum absolute atomic E-state index is 12.5. The van der Waals surface area contributed by atoms with Gasteiger partial charge in [0, 0.05) is 38.8 Å². The minimum atomic E-state index is -0.171. The fraction of sp³-hybridized carbons (Fsp3) is 0.429. The molecule has 1 saturated heterocycles. The normalized spacial score (nSPS) is 14.8. The molecule has 1 heterocycles. The quantitative estimate of drug-likeness (QED) is 0.853. The molecule has 1 aliphatic heterocycles. The van der Waals surface area contributed by atoms with Crippen LogP contribution in [0.3, 0.4) is 0 Å². The molecule has 1 aromatic carbocycles. The number of hydrogen-bond donors (Lipinski definition) is 2. The van der Waals surface area contributed by atoms with Crippen molar-refractivity contribution >= 4 is 17.5 Å². The molecule has 0 aromatic heterocycles. The SMILES string of the molecule is COc1ccc(NC(C)=O)cc1C(=O)N1CCNCC1. The van der Waals surface area contributed by atoms with Crippen molar-refractivity contribution in [3.8, 4) is 5.75 Å². The monoisotopic (exact) mass is 277 g/mol. The number of benzene rings is 1. The van der Waals surface area contributed by atoms with Gasteiger partial charge in [-0.25, -0.2) is 0 Å². The van der Waals surface area contributed by atoms with Gasteiger partial charge in [-0.1, -0.05) is 0 Å². The van der Waals surface area contributed by atoms with Crippen LogP contribution < -0.4 is 15.4 Å². The zero-order valence-corrected chi connectivity index (χ0v) is 11.7. The largest absolute Gasteiger partial charge is 0.496 e. The number of piperazine rings is 1. The summed E-state index contributed by atoms with van der Waals surface area (Å²) in [6, 6.07) is 5.07. The van der Waals surface area contributed by atoms with E-state index in [2.05, 4.69) is 10.6 Å². The van der Waals surface area contributed by atoms with E-state index in [0.29, 0.717) is 30.1 Å². The van der Waals surface area contributed by atoms with Gasteiger partial charge in [0.05, 0.1) is 12.7 Å². The number of nitrogens with zero attached hydrogens (tertiary/aromatic N) is 1. The maximum atomic E-state index is 12.5. The molecular weight excluding hydrogens is 258 g/mol. The zero-order chi connectivity index (χ0) is 14.5. The van der Waals surface area contributed by atoms with Crippen LogP contribution in [0.1, 0.15) is 17.3 Å². The third kappa shape index (κ3) is 3.27. The Morgan fingerprint density at radius 2 is 2.00 bits per heavy atom. The van der Waals surface area contributed by atoms with Crippen molar-refractivity contribution in [2.24, 2.45) is 0 Å². The second kappa shape index (κ2) is 6.38. The molecule has 1 aromatic rings. The lowest BCUT2D eigenvalue weighted by atomic mass is 10.1. The van der Waals surface area contributed by atoms with Gasteiger partial charge in [0.1, 0.15) is 5.75 Å². The Labute approximate surface area is 118 Å². The first-order chi connectivity index (χ1) is 9.61. The number of hydrogen-bond acceptors (Lipinski definition) is 4. The van der Waals surface area contributed by atoms with Gasteiger partial charge in [-0.05, 0) is 18.2 Å². The molecule has 1 fully saturated rings. The molecule has 2 amide bonds. The molecule has 2 rings (SSSR count). The summed E-state index contributed by atoms with van der Waals surface area (Å²) in [5.41, 5.74) is 1.07. The molecule has 0 spiro atoms. The second-order valence-corrected chi connectivity index (χ2v) is 4.64. The lowest BCUT2D eigenvalue weighted by Crippen LogP contribution is -2.46. The molecule has 6 nitrogen and oxygen atoms in total. The highest BCUT2D eigenvalue weighted by molar-refractivity contribution is 5.99. The molecule has 0 saturated carbocycles. The van der Waals surface area contributed by atoms with Crippen LogP contribution in [0.15, 0.2) is 18.2 Å². The van der Waals surface area contributed by atoms with Crippen LogP contribution in [0.25, 0.3) is 0 Å². The summed E-state index contributed by atoms with van der Waals surface area (Å²) in [5.74, 6) is 0.272. The highest BCUT2D eigenvalue weighted by atomic mass is 16.5. The van der Waals surface area contributed by atoms with Crippen LogP contribution in [0.2, 0.25) is 0 Å². The number of ether oxygens (including phenoxy) is 1. The minimum Gasteiger partial charge on any atom is -0.496 e. The smallest absolute Gasteiger partial charge is 0.257 e. The Bertz CT molecular complexity index is 510. The zero-order valence-electron chi connectivity index (χ0n) is 11.7. The third-order valence-corrected chi connectivity index (χ3v) is 3.15. The Hall–Kier alpha value is -2.08. The fourth-order valence-corrected chi connectivity index (χ4v) is 2.19. The van der Waals surface area contributed by atoms with Gasteiger partial charge >= 0.3 is 0 Å². The highest BCUT2D eigenvalue weighted by Gasteiger charge is 2.21. The molecule has 108 valence electrons. The van der Waals surface area contributed by atoms with Gasteiger partial charge in [0.25, 0.3) is 5.91 Å². The first kappa shape index (κ1) is 14.3. The van der Waals surface area contributed by atoms with E-state index >= 15 is 0 Å². The summed E-state index contributed by atoms with van der Waals surface area (Å²) in [4.78, 5) is 25.4. The topological polar surface area (TPSA) is 70.7 Å². The fourth-order valence-electron chi connectivity index (χ4n) is 2.19. The van der Waals surface area contributed by atoms with Crippen LogP contribution in [-0.2, 0) is 4.79 Å². The first-order valence-electron chi connectivity index (χ1n) is 6.57. The van der Waals surface area contributed by atoms with Crippen LogP contribution in [0.4, 0.5) is 5.69 Å². The molecule has 0 bridgehead atoms. The summed E-state index contributed by atoms with van der Waals surface area (Å²) in [5, 5.41) is 5.88. The summed E-state index contributed by atoms with van der Waals surface area (Å²) in [6.45, 7) is 4.36. The van der Waals surface area contributed by atoms with E-state index in [1.807, 2.05) is 0 Å². The molecule has 1 aliphatic rings. The molecule has 0 atom stereocenters. The van der Waals surface area contributed by atoms with Gasteiger partial charge in [0.15, 0.2) is 0 Å². The van der Waals surface area contributed by atoms with Crippen molar-refractivity contribution in [1.82, 2.24) is 10.2 Å². The predicted molar refractivity (Wildman–Crippen MR) is 76.1 cm³/mol. The summed E-state index contributed by atoms with van der Waals surface area (Å²) in [7, 11) is 1.53. The average Bonchev–Trinajstić information content (AvgIpc) is 2.46. The van der Waals surface area contributed by atoms with Gasteiger partial charge < -0.3 is 20.3 Å². The number of amides is 2. The molecule has 0 radical (unpaired) electrons. The van der Waals surface area contributed by atoms with Gasteiger partial charge in [-0.15, -0.1) is 0 Å². The first-order valence-corrected chi connectivity index (χ1v) is 6.57.